The second-order valence-corrected chi connectivity index (χ2v) is 6.34. The van der Waals surface area contributed by atoms with Crippen LogP contribution in [0.15, 0.2) is 51.1 Å². The van der Waals surface area contributed by atoms with Gasteiger partial charge < -0.3 is 9.73 Å². The number of carbonyl (C=O) groups is 1. The molecule has 0 fully saturated rings. The van der Waals surface area contributed by atoms with Crippen LogP contribution < -0.4 is 10.7 Å². The molecule has 11 nitrogen and oxygen atoms in total. The van der Waals surface area contributed by atoms with Crippen molar-refractivity contribution in [3.8, 4) is 0 Å². The average Bonchev–Trinajstić information content (AvgIpc) is 3.29. The number of aromatic nitrogens is 3. The van der Waals surface area contributed by atoms with E-state index in [1.54, 1.807) is 12.1 Å². The van der Waals surface area contributed by atoms with E-state index in [1.165, 1.54) is 24.4 Å². The van der Waals surface area contributed by atoms with Crippen LogP contribution in [0, 0.1) is 17.0 Å². The van der Waals surface area contributed by atoms with Crippen LogP contribution in [0.25, 0.3) is 0 Å². The average molecular weight is 401 g/mol. The summed E-state index contributed by atoms with van der Waals surface area (Å²) < 4.78 is 5.34. The number of hydrogen-bond acceptors (Lipinski definition) is 9. The van der Waals surface area contributed by atoms with Gasteiger partial charge in [-0.15, -0.1) is 5.10 Å². The van der Waals surface area contributed by atoms with E-state index >= 15 is 0 Å². The van der Waals surface area contributed by atoms with Gasteiger partial charge >= 0.3 is 0 Å². The molecule has 0 aliphatic rings. The SMILES string of the molecule is Cc1ccc(/C=N\Nc2nc(SCC(=O)Nc3ccccc3[N+](=O)[O-])n[nH]2)o1. The number of aromatic amines is 1. The largest absolute Gasteiger partial charge is 0.460 e. The van der Waals surface area contributed by atoms with Crippen molar-refractivity contribution in [2.45, 2.75) is 12.1 Å². The number of aryl methyl sites for hydroxylation is 1. The van der Waals surface area contributed by atoms with Crippen molar-refractivity contribution in [2.75, 3.05) is 16.5 Å². The highest BCUT2D eigenvalue weighted by molar-refractivity contribution is 7.99. The summed E-state index contributed by atoms with van der Waals surface area (Å²) >= 11 is 1.07. The molecule has 3 rings (SSSR count). The van der Waals surface area contributed by atoms with Gasteiger partial charge in [0, 0.05) is 6.07 Å². The summed E-state index contributed by atoms with van der Waals surface area (Å²) in [6.07, 6.45) is 1.49. The predicted octanol–water partition coefficient (Wildman–Crippen LogP) is 2.79. The highest BCUT2D eigenvalue weighted by Crippen LogP contribution is 2.23. The third kappa shape index (κ3) is 5.17. The molecule has 0 atom stereocenters. The topological polar surface area (TPSA) is 151 Å². The number of nitrogens with zero attached hydrogens (tertiary/aromatic N) is 4. The number of nitro groups is 1. The molecular formula is C16H15N7O4S. The molecular weight excluding hydrogens is 386 g/mol. The number of rotatable bonds is 8. The summed E-state index contributed by atoms with van der Waals surface area (Å²) in [4.78, 5) is 26.6. The number of nitro benzene ring substituents is 1. The van der Waals surface area contributed by atoms with E-state index < -0.39 is 10.8 Å². The third-order valence-electron chi connectivity index (χ3n) is 3.30. The number of para-hydroxylation sites is 2. The lowest BCUT2D eigenvalue weighted by Gasteiger charge is -2.04. The van der Waals surface area contributed by atoms with Crippen molar-refractivity contribution in [2.24, 2.45) is 5.10 Å². The van der Waals surface area contributed by atoms with E-state index in [0.29, 0.717) is 16.9 Å². The first-order valence-corrected chi connectivity index (χ1v) is 8.94. The molecule has 12 heteroatoms. The van der Waals surface area contributed by atoms with Crippen molar-refractivity contribution < 1.29 is 14.1 Å². The fraction of sp³-hybridized carbons (Fsp3) is 0.125. The van der Waals surface area contributed by atoms with E-state index in [0.717, 1.165) is 17.5 Å². The van der Waals surface area contributed by atoms with Crippen LogP contribution >= 0.6 is 11.8 Å². The van der Waals surface area contributed by atoms with Gasteiger partial charge in [-0.3, -0.25) is 14.9 Å². The van der Waals surface area contributed by atoms with E-state index in [9.17, 15) is 14.9 Å². The quantitative estimate of drug-likeness (QED) is 0.225. The Balaban J connectivity index is 1.49. The zero-order chi connectivity index (χ0) is 19.9. The fourth-order valence-corrected chi connectivity index (χ4v) is 2.69. The Kier molecular flexibility index (Phi) is 6.01. The Bertz CT molecular complexity index is 1010. The van der Waals surface area contributed by atoms with Gasteiger partial charge in [-0.25, -0.2) is 10.5 Å². The van der Waals surface area contributed by atoms with Crippen LogP contribution in [0.1, 0.15) is 11.5 Å². The molecule has 1 aromatic carbocycles. The third-order valence-corrected chi connectivity index (χ3v) is 4.14. The molecule has 1 amide bonds. The number of amides is 1. The molecule has 144 valence electrons. The lowest BCUT2D eigenvalue weighted by Crippen LogP contribution is -2.15. The second kappa shape index (κ2) is 8.81. The first-order valence-electron chi connectivity index (χ1n) is 7.95. The zero-order valence-electron chi connectivity index (χ0n) is 14.6. The van der Waals surface area contributed by atoms with Crippen LogP contribution in [0.5, 0.6) is 0 Å². The highest BCUT2D eigenvalue weighted by atomic mass is 32.2. The van der Waals surface area contributed by atoms with Crippen LogP contribution in [0.2, 0.25) is 0 Å². The molecule has 0 unspecified atom stereocenters. The Labute approximate surface area is 162 Å². The van der Waals surface area contributed by atoms with E-state index in [4.69, 9.17) is 4.42 Å². The fourth-order valence-electron chi connectivity index (χ4n) is 2.10. The number of carbonyl (C=O) groups excluding carboxylic acids is 1. The molecule has 0 spiro atoms. The molecule has 0 bridgehead atoms. The van der Waals surface area contributed by atoms with E-state index in [1.807, 2.05) is 13.0 Å². The predicted molar refractivity (Wildman–Crippen MR) is 103 cm³/mol. The van der Waals surface area contributed by atoms with Crippen molar-refractivity contribution >= 4 is 41.2 Å². The van der Waals surface area contributed by atoms with Gasteiger partial charge in [-0.2, -0.15) is 10.1 Å². The van der Waals surface area contributed by atoms with Crippen LogP contribution in [-0.4, -0.2) is 38.0 Å². The summed E-state index contributed by atoms with van der Waals surface area (Å²) in [5, 5.41) is 24.3. The smallest absolute Gasteiger partial charge is 0.292 e. The minimum absolute atomic E-state index is 0.0156. The number of anilines is 2. The van der Waals surface area contributed by atoms with Crippen molar-refractivity contribution in [3.63, 3.8) is 0 Å². The second-order valence-electron chi connectivity index (χ2n) is 5.40. The summed E-state index contributed by atoms with van der Waals surface area (Å²) in [7, 11) is 0. The first-order chi connectivity index (χ1) is 13.5. The minimum atomic E-state index is -0.555. The van der Waals surface area contributed by atoms with Crippen LogP contribution in [0.3, 0.4) is 0 Å². The number of hydrogen-bond donors (Lipinski definition) is 3. The van der Waals surface area contributed by atoms with Crippen molar-refractivity contribution in [3.05, 3.63) is 58.0 Å². The minimum Gasteiger partial charge on any atom is -0.460 e. The van der Waals surface area contributed by atoms with Crippen LogP contribution in [0.4, 0.5) is 17.3 Å². The van der Waals surface area contributed by atoms with Crippen molar-refractivity contribution in [1.29, 1.82) is 0 Å². The molecule has 3 N–H and O–H groups in total. The van der Waals surface area contributed by atoms with Crippen LogP contribution in [-0.2, 0) is 4.79 Å². The van der Waals surface area contributed by atoms with Gasteiger partial charge in [0.2, 0.25) is 17.0 Å². The van der Waals surface area contributed by atoms with Gasteiger partial charge in [-0.05, 0) is 25.1 Å². The highest BCUT2D eigenvalue weighted by Gasteiger charge is 2.15. The Morgan fingerprint density at radius 2 is 2.21 bits per heavy atom. The van der Waals surface area contributed by atoms with E-state index in [-0.39, 0.29) is 17.1 Å². The normalized spacial score (nSPS) is 10.9. The molecule has 0 aliphatic carbocycles. The Morgan fingerprint density at radius 3 is 2.96 bits per heavy atom. The Morgan fingerprint density at radius 1 is 1.39 bits per heavy atom. The molecule has 28 heavy (non-hydrogen) atoms. The number of benzene rings is 1. The maximum Gasteiger partial charge on any atom is 0.292 e. The zero-order valence-corrected chi connectivity index (χ0v) is 15.4. The molecule has 0 saturated heterocycles. The number of H-pyrrole nitrogens is 1. The first kappa shape index (κ1) is 19.1. The molecule has 0 aliphatic heterocycles. The van der Waals surface area contributed by atoms with Gasteiger partial charge in [0.25, 0.3) is 5.69 Å². The summed E-state index contributed by atoms with van der Waals surface area (Å²) in [5.41, 5.74) is 2.63. The number of thioether (sulfide) groups is 1. The summed E-state index contributed by atoms with van der Waals surface area (Å²) in [5.74, 6) is 1.23. The molecule has 3 aromatic rings. The molecule has 0 radical (unpaired) electrons. The van der Waals surface area contributed by atoms with Gasteiger partial charge in [0.15, 0.2) is 0 Å². The number of nitrogens with one attached hydrogen (secondary N) is 3. The lowest BCUT2D eigenvalue weighted by atomic mass is 10.2. The molecule has 2 heterocycles. The van der Waals surface area contributed by atoms with Gasteiger partial charge in [-0.1, -0.05) is 23.9 Å². The van der Waals surface area contributed by atoms with Crippen molar-refractivity contribution in [1.82, 2.24) is 15.2 Å². The lowest BCUT2D eigenvalue weighted by molar-refractivity contribution is -0.383. The molecule has 0 saturated carbocycles. The van der Waals surface area contributed by atoms with Gasteiger partial charge in [0.05, 0.1) is 16.9 Å². The Hall–Kier alpha value is -3.67. The van der Waals surface area contributed by atoms with E-state index in [2.05, 4.69) is 31.0 Å². The maximum atomic E-state index is 12.0. The van der Waals surface area contributed by atoms with Gasteiger partial charge in [0.1, 0.15) is 17.2 Å². The standard InChI is InChI=1S/C16H15N7O4S/c1-10-6-7-11(27-10)8-17-20-15-19-16(22-21-15)28-9-14(24)18-12-4-2-3-5-13(12)23(25)26/h2-8H,9H2,1H3,(H,18,24)(H2,19,20,21,22)/b17-8-. The molecule has 2 aromatic heterocycles. The maximum absolute atomic E-state index is 12.0. The monoisotopic (exact) mass is 401 g/mol. The number of furan rings is 1. The summed E-state index contributed by atoms with van der Waals surface area (Å²) in [6, 6.07) is 9.51. The summed E-state index contributed by atoms with van der Waals surface area (Å²) in [6.45, 7) is 1.83. The number of hydrazone groups is 1.